The predicted octanol–water partition coefficient (Wildman–Crippen LogP) is 4.75. The summed E-state index contributed by atoms with van der Waals surface area (Å²) in [5.74, 6) is 12.6. The van der Waals surface area contributed by atoms with Gasteiger partial charge in [0.1, 0.15) is 0 Å². The molecule has 0 bridgehead atoms. The molecule has 0 aliphatic heterocycles. The van der Waals surface area contributed by atoms with Crippen molar-refractivity contribution in [1.29, 1.82) is 0 Å². The second-order valence-electron chi connectivity index (χ2n) is 7.41. The van der Waals surface area contributed by atoms with E-state index in [0.717, 1.165) is 44.1 Å². The van der Waals surface area contributed by atoms with Crippen LogP contribution in [0.3, 0.4) is 0 Å². The van der Waals surface area contributed by atoms with E-state index in [9.17, 15) is 0 Å². The Morgan fingerprint density at radius 2 is 0.938 bits per heavy atom. The second-order valence-corrected chi connectivity index (χ2v) is 7.41. The van der Waals surface area contributed by atoms with Gasteiger partial charge in [0.25, 0.3) is 0 Å². The molecule has 0 aliphatic rings. The second kappa shape index (κ2) is 8.14. The lowest BCUT2D eigenvalue weighted by atomic mass is 10.1. The predicted molar refractivity (Wildman–Crippen MR) is 131 cm³/mol. The highest BCUT2D eigenvalue weighted by Crippen LogP contribution is 2.23. The zero-order chi connectivity index (χ0) is 21.9. The molecule has 0 atom stereocenters. The fourth-order valence-corrected chi connectivity index (χ4v) is 3.45. The van der Waals surface area contributed by atoms with E-state index in [1.807, 2.05) is 72.8 Å². The van der Waals surface area contributed by atoms with E-state index < -0.39 is 0 Å². The van der Waals surface area contributed by atoms with E-state index in [1.54, 1.807) is 12.4 Å². The van der Waals surface area contributed by atoms with Crippen LogP contribution in [0.1, 0.15) is 22.3 Å². The van der Waals surface area contributed by atoms with Crippen LogP contribution in [0.5, 0.6) is 0 Å². The van der Waals surface area contributed by atoms with Gasteiger partial charge in [-0.25, -0.2) is 0 Å². The first-order valence-corrected chi connectivity index (χ1v) is 10.1. The number of hydrogen-bond acceptors (Lipinski definition) is 4. The average molecular weight is 410 g/mol. The van der Waals surface area contributed by atoms with Gasteiger partial charge in [0.2, 0.25) is 0 Å². The molecule has 0 saturated heterocycles. The molecule has 5 aromatic rings. The molecule has 0 saturated carbocycles. The van der Waals surface area contributed by atoms with Crippen molar-refractivity contribution in [3.05, 3.63) is 107 Å². The first kappa shape index (κ1) is 19.2. The van der Waals surface area contributed by atoms with Gasteiger partial charge in [0, 0.05) is 56.8 Å². The van der Waals surface area contributed by atoms with E-state index in [-0.39, 0.29) is 0 Å². The minimum Gasteiger partial charge on any atom is -0.399 e. The molecule has 0 fully saturated rings. The summed E-state index contributed by atoms with van der Waals surface area (Å²) < 4.78 is 0. The number of benzene rings is 3. The minimum atomic E-state index is 0.697. The van der Waals surface area contributed by atoms with Crippen LogP contribution in [-0.2, 0) is 0 Å². The van der Waals surface area contributed by atoms with Gasteiger partial charge < -0.3 is 11.5 Å². The Bertz CT molecular complexity index is 1490. The summed E-state index contributed by atoms with van der Waals surface area (Å²) in [6.07, 6.45) is 3.55. The van der Waals surface area contributed by atoms with Crippen molar-refractivity contribution in [2.24, 2.45) is 0 Å². The molecule has 0 spiro atoms. The standard InChI is InChI=1S/C28H18N4/c29-25-5-1-3-19(15-25)7-9-21-13-23-11-12-24-14-22(18-32-28(24)27(23)31-17-21)10-8-20-4-2-6-26(30)16-20/h1-6,11-18H,29-30H2. The Labute approximate surface area is 185 Å². The number of rotatable bonds is 0. The van der Waals surface area contributed by atoms with Crippen molar-refractivity contribution in [3.63, 3.8) is 0 Å². The third-order valence-corrected chi connectivity index (χ3v) is 4.98. The SMILES string of the molecule is Nc1cccc(C#Cc2cnc3c(ccc4cc(C#Cc5cccc(N)c5)cnc43)c2)c1. The minimum absolute atomic E-state index is 0.697. The van der Waals surface area contributed by atoms with Crippen LogP contribution in [0, 0.1) is 23.7 Å². The Morgan fingerprint density at radius 3 is 1.38 bits per heavy atom. The number of aromatic nitrogens is 2. The summed E-state index contributed by atoms with van der Waals surface area (Å²) >= 11 is 0. The third kappa shape index (κ3) is 4.07. The van der Waals surface area contributed by atoms with Gasteiger partial charge in [-0.15, -0.1) is 0 Å². The van der Waals surface area contributed by atoms with Crippen LogP contribution < -0.4 is 11.5 Å². The number of nitrogens with zero attached hydrogens (tertiary/aromatic N) is 2. The summed E-state index contributed by atoms with van der Waals surface area (Å²) in [4.78, 5) is 9.26. The highest BCUT2D eigenvalue weighted by molar-refractivity contribution is 6.03. The van der Waals surface area contributed by atoms with Gasteiger partial charge in [0.15, 0.2) is 0 Å². The number of anilines is 2. The van der Waals surface area contributed by atoms with E-state index in [2.05, 4.69) is 33.6 Å². The summed E-state index contributed by atoms with van der Waals surface area (Å²) in [5.41, 5.74) is 18.1. The summed E-state index contributed by atoms with van der Waals surface area (Å²) in [5, 5.41) is 1.98. The fraction of sp³-hybridized carbons (Fsp3) is 0. The van der Waals surface area contributed by atoms with Crippen LogP contribution >= 0.6 is 0 Å². The lowest BCUT2D eigenvalue weighted by molar-refractivity contribution is 1.36. The van der Waals surface area contributed by atoms with Gasteiger partial charge in [-0.2, -0.15) is 0 Å². The van der Waals surface area contributed by atoms with Crippen molar-refractivity contribution >= 4 is 33.2 Å². The molecular formula is C28H18N4. The number of nitrogens with two attached hydrogens (primary N) is 2. The summed E-state index contributed by atoms with van der Waals surface area (Å²) in [6.45, 7) is 0. The van der Waals surface area contributed by atoms with Gasteiger partial charge in [-0.05, 0) is 48.5 Å². The maximum Gasteiger partial charge on any atom is 0.0965 e. The van der Waals surface area contributed by atoms with Crippen LogP contribution in [0.15, 0.2) is 85.2 Å². The van der Waals surface area contributed by atoms with Gasteiger partial charge >= 0.3 is 0 Å². The smallest absolute Gasteiger partial charge is 0.0965 e. The highest BCUT2D eigenvalue weighted by Gasteiger charge is 2.05. The number of nitrogen functional groups attached to an aromatic ring is 2. The molecule has 5 rings (SSSR count). The fourth-order valence-electron chi connectivity index (χ4n) is 3.45. The van der Waals surface area contributed by atoms with Crippen molar-refractivity contribution in [1.82, 2.24) is 9.97 Å². The summed E-state index contributed by atoms with van der Waals surface area (Å²) in [7, 11) is 0. The van der Waals surface area contributed by atoms with E-state index in [0.29, 0.717) is 11.4 Å². The van der Waals surface area contributed by atoms with Crippen molar-refractivity contribution < 1.29 is 0 Å². The zero-order valence-corrected chi connectivity index (χ0v) is 17.1. The lowest BCUT2D eigenvalue weighted by Crippen LogP contribution is -1.89. The molecule has 4 N–H and O–H groups in total. The average Bonchev–Trinajstić information content (AvgIpc) is 2.81. The van der Waals surface area contributed by atoms with Crippen molar-refractivity contribution in [2.45, 2.75) is 0 Å². The molecule has 2 aromatic heterocycles. The van der Waals surface area contributed by atoms with E-state index in [1.165, 1.54) is 0 Å². The molecule has 150 valence electrons. The van der Waals surface area contributed by atoms with E-state index >= 15 is 0 Å². The Morgan fingerprint density at radius 1 is 0.500 bits per heavy atom. The molecule has 4 heteroatoms. The zero-order valence-electron chi connectivity index (χ0n) is 17.1. The number of hydrogen-bond donors (Lipinski definition) is 2. The molecule has 0 amide bonds. The Hall–Kier alpha value is -4.80. The Balaban J connectivity index is 1.48. The van der Waals surface area contributed by atoms with Crippen molar-refractivity contribution in [2.75, 3.05) is 11.5 Å². The maximum atomic E-state index is 5.82. The van der Waals surface area contributed by atoms with Crippen LogP contribution in [-0.4, -0.2) is 9.97 Å². The molecule has 3 aromatic carbocycles. The van der Waals surface area contributed by atoms with Gasteiger partial charge in [-0.3, -0.25) is 9.97 Å². The molecule has 0 unspecified atom stereocenters. The monoisotopic (exact) mass is 410 g/mol. The lowest BCUT2D eigenvalue weighted by Gasteiger charge is -2.03. The normalized spacial score (nSPS) is 10.2. The van der Waals surface area contributed by atoms with E-state index in [4.69, 9.17) is 11.5 Å². The van der Waals surface area contributed by atoms with Crippen LogP contribution in [0.2, 0.25) is 0 Å². The molecule has 0 radical (unpaired) electrons. The first-order chi connectivity index (χ1) is 15.6. The number of fused-ring (bicyclic) bond motifs is 3. The largest absolute Gasteiger partial charge is 0.399 e. The van der Waals surface area contributed by atoms with Crippen LogP contribution in [0.25, 0.3) is 21.8 Å². The topological polar surface area (TPSA) is 77.8 Å². The highest BCUT2D eigenvalue weighted by atomic mass is 14.7. The molecule has 2 heterocycles. The molecule has 4 nitrogen and oxygen atoms in total. The Kier molecular flexibility index (Phi) is 4.88. The molecule has 0 aliphatic carbocycles. The van der Waals surface area contributed by atoms with Crippen LogP contribution in [0.4, 0.5) is 11.4 Å². The third-order valence-electron chi connectivity index (χ3n) is 4.98. The molecule has 32 heavy (non-hydrogen) atoms. The van der Waals surface area contributed by atoms with Gasteiger partial charge in [0.05, 0.1) is 11.0 Å². The van der Waals surface area contributed by atoms with Crippen molar-refractivity contribution in [3.8, 4) is 23.7 Å². The first-order valence-electron chi connectivity index (χ1n) is 10.1. The quantitative estimate of drug-likeness (QED) is 0.219. The summed E-state index contributed by atoms with van der Waals surface area (Å²) in [6, 6.07) is 23.2. The molecular weight excluding hydrogens is 392 g/mol. The number of pyridine rings is 2. The maximum absolute atomic E-state index is 5.82. The van der Waals surface area contributed by atoms with Gasteiger partial charge in [-0.1, -0.05) is 47.9 Å².